The summed E-state index contributed by atoms with van der Waals surface area (Å²) in [5.74, 6) is -0.0171. The Morgan fingerprint density at radius 3 is 2.63 bits per heavy atom. The number of hydrogen-bond donors (Lipinski definition) is 2. The van der Waals surface area contributed by atoms with E-state index in [1.807, 2.05) is 11.8 Å². The number of urea groups is 1. The van der Waals surface area contributed by atoms with E-state index in [9.17, 15) is 9.59 Å². The fraction of sp³-hybridized carbons (Fsp3) is 0.857. The highest BCUT2D eigenvalue weighted by Gasteiger charge is 2.25. The summed E-state index contributed by atoms with van der Waals surface area (Å²) < 4.78 is 0. The minimum absolute atomic E-state index is 0.0128. The van der Waals surface area contributed by atoms with Crippen molar-refractivity contribution in [2.75, 3.05) is 13.1 Å². The first-order valence-corrected chi connectivity index (χ1v) is 7.17. The summed E-state index contributed by atoms with van der Waals surface area (Å²) in [6.45, 7) is 7.63. The van der Waals surface area contributed by atoms with E-state index in [1.54, 1.807) is 0 Å². The Bertz CT molecular complexity index is 318. The second kappa shape index (κ2) is 7.36. The second-order valence-corrected chi connectivity index (χ2v) is 5.87. The van der Waals surface area contributed by atoms with Gasteiger partial charge in [0.15, 0.2) is 0 Å². The number of piperidine rings is 1. The molecule has 0 radical (unpaired) electrons. The maximum Gasteiger partial charge on any atom is 0.317 e. The van der Waals surface area contributed by atoms with Crippen LogP contribution in [0, 0.1) is 11.8 Å². The van der Waals surface area contributed by atoms with Crippen LogP contribution in [0.1, 0.15) is 46.5 Å². The van der Waals surface area contributed by atoms with Crippen LogP contribution in [0.5, 0.6) is 0 Å². The SMILES string of the molecule is CC(C)C(C)NC(=O)N1CCCC(CCC(=O)O)C1. The average molecular weight is 270 g/mol. The number of carbonyl (C=O) groups excluding carboxylic acids is 1. The Labute approximate surface area is 115 Å². The molecule has 2 N–H and O–H groups in total. The van der Waals surface area contributed by atoms with Gasteiger partial charge in [-0.25, -0.2) is 4.79 Å². The van der Waals surface area contributed by atoms with Crippen molar-refractivity contribution >= 4 is 12.0 Å². The van der Waals surface area contributed by atoms with Crippen molar-refractivity contribution in [3.63, 3.8) is 0 Å². The largest absolute Gasteiger partial charge is 0.481 e. The predicted octanol–water partition coefficient (Wildman–Crippen LogP) is 2.32. The molecule has 1 saturated heterocycles. The van der Waals surface area contributed by atoms with Gasteiger partial charge < -0.3 is 15.3 Å². The number of likely N-dealkylation sites (tertiary alicyclic amines) is 1. The fourth-order valence-corrected chi connectivity index (χ4v) is 2.27. The number of nitrogens with zero attached hydrogens (tertiary/aromatic N) is 1. The number of carbonyl (C=O) groups is 2. The lowest BCUT2D eigenvalue weighted by atomic mass is 9.93. The first-order chi connectivity index (χ1) is 8.90. The zero-order valence-electron chi connectivity index (χ0n) is 12.2. The third-order valence-electron chi connectivity index (χ3n) is 3.92. The fourth-order valence-electron chi connectivity index (χ4n) is 2.27. The first-order valence-electron chi connectivity index (χ1n) is 7.17. The van der Waals surface area contributed by atoms with Gasteiger partial charge in [0.25, 0.3) is 0 Å². The lowest BCUT2D eigenvalue weighted by Crippen LogP contribution is -2.49. The molecule has 0 aromatic heterocycles. The molecule has 110 valence electrons. The molecule has 1 fully saturated rings. The number of nitrogens with one attached hydrogen (secondary N) is 1. The van der Waals surface area contributed by atoms with Crippen molar-refractivity contribution in [1.82, 2.24) is 10.2 Å². The molecule has 5 heteroatoms. The third-order valence-corrected chi connectivity index (χ3v) is 3.92. The average Bonchev–Trinajstić information content (AvgIpc) is 2.36. The Kier molecular flexibility index (Phi) is 6.12. The van der Waals surface area contributed by atoms with E-state index in [4.69, 9.17) is 5.11 Å². The molecule has 5 nitrogen and oxygen atoms in total. The highest BCUT2D eigenvalue weighted by molar-refractivity contribution is 5.74. The van der Waals surface area contributed by atoms with Crippen LogP contribution in [0.3, 0.4) is 0 Å². The van der Waals surface area contributed by atoms with E-state index in [2.05, 4.69) is 19.2 Å². The van der Waals surface area contributed by atoms with Gasteiger partial charge in [-0.3, -0.25) is 4.79 Å². The molecule has 0 spiro atoms. The summed E-state index contributed by atoms with van der Waals surface area (Å²) in [7, 11) is 0. The van der Waals surface area contributed by atoms with Crippen LogP contribution >= 0.6 is 0 Å². The standard InChI is InChI=1S/C14H26N2O3/c1-10(2)11(3)15-14(19)16-8-4-5-12(9-16)6-7-13(17)18/h10-12H,4-9H2,1-3H3,(H,15,19)(H,17,18). The van der Waals surface area contributed by atoms with Crippen LogP contribution in [0.4, 0.5) is 4.79 Å². The van der Waals surface area contributed by atoms with Gasteiger partial charge in [-0.2, -0.15) is 0 Å². The molecular formula is C14H26N2O3. The molecule has 1 aliphatic heterocycles. The van der Waals surface area contributed by atoms with Gasteiger partial charge in [-0.15, -0.1) is 0 Å². The van der Waals surface area contributed by atoms with Crippen LogP contribution in [-0.4, -0.2) is 41.1 Å². The lowest BCUT2D eigenvalue weighted by Gasteiger charge is -2.34. The number of amides is 2. The minimum Gasteiger partial charge on any atom is -0.481 e. The Balaban J connectivity index is 2.41. The summed E-state index contributed by atoms with van der Waals surface area (Å²) in [4.78, 5) is 24.5. The van der Waals surface area contributed by atoms with Crippen molar-refractivity contribution < 1.29 is 14.7 Å². The van der Waals surface area contributed by atoms with Gasteiger partial charge in [-0.1, -0.05) is 13.8 Å². The van der Waals surface area contributed by atoms with Crippen molar-refractivity contribution in [2.24, 2.45) is 11.8 Å². The molecule has 0 aromatic rings. The molecule has 1 rings (SSSR count). The van der Waals surface area contributed by atoms with Gasteiger partial charge in [-0.05, 0) is 38.0 Å². The molecule has 0 saturated carbocycles. The molecule has 1 aliphatic rings. The highest BCUT2D eigenvalue weighted by atomic mass is 16.4. The van der Waals surface area contributed by atoms with Crippen LogP contribution in [-0.2, 0) is 4.79 Å². The maximum atomic E-state index is 12.1. The third kappa shape index (κ3) is 5.49. The van der Waals surface area contributed by atoms with E-state index < -0.39 is 5.97 Å². The molecule has 19 heavy (non-hydrogen) atoms. The molecule has 0 bridgehead atoms. The smallest absolute Gasteiger partial charge is 0.317 e. The van der Waals surface area contributed by atoms with Crippen LogP contribution < -0.4 is 5.32 Å². The lowest BCUT2D eigenvalue weighted by molar-refractivity contribution is -0.137. The number of rotatable bonds is 5. The van der Waals surface area contributed by atoms with Gasteiger partial charge >= 0.3 is 12.0 Å². The van der Waals surface area contributed by atoms with E-state index in [1.165, 1.54) is 0 Å². The molecule has 2 amide bonds. The number of hydrogen-bond acceptors (Lipinski definition) is 2. The van der Waals surface area contributed by atoms with Gasteiger partial charge in [0.2, 0.25) is 0 Å². The zero-order valence-corrected chi connectivity index (χ0v) is 12.2. The van der Waals surface area contributed by atoms with Crippen molar-refractivity contribution in [3.8, 4) is 0 Å². The number of aliphatic carboxylic acids is 1. The molecule has 0 aromatic carbocycles. The van der Waals surface area contributed by atoms with E-state index in [0.717, 1.165) is 19.4 Å². The van der Waals surface area contributed by atoms with Gasteiger partial charge in [0.05, 0.1) is 0 Å². The molecule has 0 aliphatic carbocycles. The number of carboxylic acid groups (broad SMARTS) is 1. The normalized spacial score (nSPS) is 21.3. The van der Waals surface area contributed by atoms with Gasteiger partial charge in [0, 0.05) is 25.6 Å². The highest BCUT2D eigenvalue weighted by Crippen LogP contribution is 2.21. The first kappa shape index (κ1) is 15.8. The second-order valence-electron chi connectivity index (χ2n) is 5.87. The minimum atomic E-state index is -0.755. The van der Waals surface area contributed by atoms with Crippen LogP contribution in [0.15, 0.2) is 0 Å². The van der Waals surface area contributed by atoms with Crippen molar-refractivity contribution in [1.29, 1.82) is 0 Å². The summed E-state index contributed by atoms with van der Waals surface area (Å²) in [6, 6.07) is 0.146. The van der Waals surface area contributed by atoms with Gasteiger partial charge in [0.1, 0.15) is 0 Å². The van der Waals surface area contributed by atoms with Crippen LogP contribution in [0.2, 0.25) is 0 Å². The Hall–Kier alpha value is -1.26. The zero-order chi connectivity index (χ0) is 14.4. The molecular weight excluding hydrogens is 244 g/mol. The molecule has 2 atom stereocenters. The summed E-state index contributed by atoms with van der Waals surface area (Å²) >= 11 is 0. The van der Waals surface area contributed by atoms with E-state index in [-0.39, 0.29) is 18.5 Å². The quantitative estimate of drug-likeness (QED) is 0.805. The van der Waals surface area contributed by atoms with E-state index >= 15 is 0 Å². The van der Waals surface area contributed by atoms with Crippen molar-refractivity contribution in [3.05, 3.63) is 0 Å². The Morgan fingerprint density at radius 2 is 2.05 bits per heavy atom. The summed E-state index contributed by atoms with van der Waals surface area (Å²) in [6.07, 6.45) is 2.85. The monoisotopic (exact) mass is 270 g/mol. The Morgan fingerprint density at radius 1 is 1.37 bits per heavy atom. The van der Waals surface area contributed by atoms with E-state index in [0.29, 0.717) is 24.8 Å². The molecule has 1 heterocycles. The predicted molar refractivity (Wildman–Crippen MR) is 74.0 cm³/mol. The van der Waals surface area contributed by atoms with Crippen molar-refractivity contribution in [2.45, 2.75) is 52.5 Å². The van der Waals surface area contributed by atoms with Crippen LogP contribution in [0.25, 0.3) is 0 Å². The molecule has 2 unspecified atom stereocenters. The number of carboxylic acids is 1. The summed E-state index contributed by atoms with van der Waals surface area (Å²) in [5.41, 5.74) is 0. The maximum absolute atomic E-state index is 12.1. The summed E-state index contributed by atoms with van der Waals surface area (Å²) in [5, 5.41) is 11.7. The topological polar surface area (TPSA) is 69.6 Å².